The van der Waals surface area contributed by atoms with Crippen molar-refractivity contribution in [2.24, 2.45) is 0 Å². The SMILES string of the molecule is O=C(O)C(Cc1ccccc1)NC(=O)C1c2ccccc2-c2ccccc21. The molecular formula is C23H19NO3. The standard InChI is InChI=1S/C23H19NO3/c25-22(24-20(23(26)27)14-15-8-2-1-3-9-15)21-18-12-6-4-10-16(18)17-11-5-7-13-19(17)21/h1-13,20-21H,14H2,(H,24,25)(H,26,27). The van der Waals surface area contributed by atoms with Crippen molar-refractivity contribution >= 4 is 11.9 Å². The Morgan fingerprint density at radius 2 is 1.33 bits per heavy atom. The predicted octanol–water partition coefficient (Wildman–Crippen LogP) is 3.61. The van der Waals surface area contributed by atoms with E-state index in [4.69, 9.17) is 0 Å². The second-order valence-electron chi connectivity index (χ2n) is 6.70. The minimum atomic E-state index is -1.04. The van der Waals surface area contributed by atoms with Crippen LogP contribution in [0.3, 0.4) is 0 Å². The number of aliphatic carboxylic acids is 1. The molecule has 2 N–H and O–H groups in total. The van der Waals surface area contributed by atoms with Crippen LogP contribution in [0.5, 0.6) is 0 Å². The zero-order chi connectivity index (χ0) is 18.8. The molecule has 0 radical (unpaired) electrons. The Bertz CT molecular complexity index is 952. The van der Waals surface area contributed by atoms with Gasteiger partial charge in [-0.05, 0) is 27.8 Å². The van der Waals surface area contributed by atoms with Crippen LogP contribution in [0.4, 0.5) is 0 Å². The number of rotatable bonds is 5. The minimum Gasteiger partial charge on any atom is -0.480 e. The normalized spacial score (nSPS) is 13.5. The summed E-state index contributed by atoms with van der Waals surface area (Å²) in [6.07, 6.45) is 0.248. The summed E-state index contributed by atoms with van der Waals surface area (Å²) in [5.41, 5.74) is 4.77. The van der Waals surface area contributed by atoms with Crippen LogP contribution < -0.4 is 5.32 Å². The second kappa shape index (κ2) is 7.08. The quantitative estimate of drug-likeness (QED) is 0.733. The van der Waals surface area contributed by atoms with Gasteiger partial charge in [0.1, 0.15) is 6.04 Å². The third kappa shape index (κ3) is 3.22. The molecule has 4 nitrogen and oxygen atoms in total. The van der Waals surface area contributed by atoms with Crippen LogP contribution in [0.2, 0.25) is 0 Å². The van der Waals surface area contributed by atoms with Gasteiger partial charge in [-0.25, -0.2) is 4.79 Å². The van der Waals surface area contributed by atoms with E-state index in [9.17, 15) is 14.7 Å². The lowest BCUT2D eigenvalue weighted by atomic mass is 9.95. The number of carboxylic acid groups (broad SMARTS) is 1. The van der Waals surface area contributed by atoms with Crippen LogP contribution in [-0.4, -0.2) is 23.0 Å². The maximum atomic E-state index is 13.1. The van der Waals surface area contributed by atoms with E-state index in [1.54, 1.807) is 0 Å². The molecule has 0 saturated carbocycles. The zero-order valence-corrected chi connectivity index (χ0v) is 14.6. The number of hydrogen-bond acceptors (Lipinski definition) is 2. The van der Waals surface area contributed by atoms with Crippen LogP contribution in [0.25, 0.3) is 11.1 Å². The van der Waals surface area contributed by atoms with Crippen LogP contribution in [-0.2, 0) is 16.0 Å². The molecule has 1 unspecified atom stereocenters. The molecule has 1 amide bonds. The Hall–Kier alpha value is -3.40. The van der Waals surface area contributed by atoms with E-state index in [-0.39, 0.29) is 12.3 Å². The van der Waals surface area contributed by atoms with Crippen molar-refractivity contribution in [3.8, 4) is 11.1 Å². The molecule has 0 saturated heterocycles. The van der Waals surface area contributed by atoms with Gasteiger partial charge in [-0.2, -0.15) is 0 Å². The highest BCUT2D eigenvalue weighted by Crippen LogP contribution is 2.44. The van der Waals surface area contributed by atoms with E-state index >= 15 is 0 Å². The van der Waals surface area contributed by atoms with Gasteiger partial charge in [-0.15, -0.1) is 0 Å². The van der Waals surface area contributed by atoms with Crippen molar-refractivity contribution in [3.63, 3.8) is 0 Å². The van der Waals surface area contributed by atoms with Crippen molar-refractivity contribution in [2.45, 2.75) is 18.4 Å². The zero-order valence-electron chi connectivity index (χ0n) is 14.6. The third-order valence-electron chi connectivity index (χ3n) is 4.99. The van der Waals surface area contributed by atoms with Crippen LogP contribution in [0.1, 0.15) is 22.6 Å². The van der Waals surface area contributed by atoms with Crippen molar-refractivity contribution < 1.29 is 14.7 Å². The van der Waals surface area contributed by atoms with Crippen molar-refractivity contribution in [3.05, 3.63) is 95.6 Å². The molecule has 3 aromatic rings. The van der Waals surface area contributed by atoms with Gasteiger partial charge in [0.2, 0.25) is 5.91 Å². The van der Waals surface area contributed by atoms with Crippen molar-refractivity contribution in [1.29, 1.82) is 0 Å². The predicted molar refractivity (Wildman–Crippen MR) is 103 cm³/mol. The van der Waals surface area contributed by atoms with Gasteiger partial charge in [0.25, 0.3) is 0 Å². The van der Waals surface area contributed by atoms with Crippen LogP contribution >= 0.6 is 0 Å². The smallest absolute Gasteiger partial charge is 0.326 e. The molecule has 1 aliphatic carbocycles. The van der Waals surface area contributed by atoms with Gasteiger partial charge in [0.15, 0.2) is 0 Å². The molecule has 0 fully saturated rings. The fourth-order valence-electron chi connectivity index (χ4n) is 3.74. The summed E-state index contributed by atoms with van der Waals surface area (Å²) in [6.45, 7) is 0. The first kappa shape index (κ1) is 17.0. The largest absolute Gasteiger partial charge is 0.480 e. The molecular weight excluding hydrogens is 338 g/mol. The summed E-state index contributed by atoms with van der Waals surface area (Å²) >= 11 is 0. The minimum absolute atomic E-state index is 0.248. The first-order valence-electron chi connectivity index (χ1n) is 8.90. The lowest BCUT2D eigenvalue weighted by molar-refractivity contribution is -0.141. The summed E-state index contributed by atoms with van der Waals surface area (Å²) < 4.78 is 0. The van der Waals surface area contributed by atoms with Gasteiger partial charge in [-0.1, -0.05) is 78.9 Å². The Kier molecular flexibility index (Phi) is 4.47. The Labute approximate surface area is 157 Å². The number of carboxylic acids is 1. The molecule has 0 spiro atoms. The van der Waals surface area contributed by atoms with Crippen LogP contribution in [0.15, 0.2) is 78.9 Å². The number of carbonyl (C=O) groups excluding carboxylic acids is 1. The lowest BCUT2D eigenvalue weighted by Crippen LogP contribution is -2.44. The fourth-order valence-corrected chi connectivity index (χ4v) is 3.74. The Morgan fingerprint density at radius 1 is 0.815 bits per heavy atom. The number of hydrogen-bond donors (Lipinski definition) is 2. The first-order chi connectivity index (χ1) is 13.1. The van der Waals surface area contributed by atoms with Crippen LogP contribution in [0, 0.1) is 0 Å². The molecule has 0 bridgehead atoms. The highest BCUT2D eigenvalue weighted by molar-refractivity contribution is 5.97. The topological polar surface area (TPSA) is 66.4 Å². The number of nitrogens with one attached hydrogen (secondary N) is 1. The number of amides is 1. The summed E-state index contributed by atoms with van der Waals surface area (Å²) in [6, 6.07) is 23.9. The second-order valence-corrected chi connectivity index (χ2v) is 6.70. The molecule has 0 heterocycles. The van der Waals surface area contributed by atoms with E-state index in [0.717, 1.165) is 27.8 Å². The van der Waals surface area contributed by atoms with Crippen molar-refractivity contribution in [2.75, 3.05) is 0 Å². The summed E-state index contributed by atoms with van der Waals surface area (Å²) in [5, 5.41) is 12.4. The molecule has 134 valence electrons. The average molecular weight is 357 g/mol. The number of fused-ring (bicyclic) bond motifs is 3. The molecule has 27 heavy (non-hydrogen) atoms. The lowest BCUT2D eigenvalue weighted by Gasteiger charge is -2.19. The first-order valence-corrected chi connectivity index (χ1v) is 8.90. The molecule has 1 atom stereocenters. The fraction of sp³-hybridized carbons (Fsp3) is 0.130. The summed E-state index contributed by atoms with van der Waals surface area (Å²) in [5.74, 6) is -1.81. The summed E-state index contributed by atoms with van der Waals surface area (Å²) in [4.78, 5) is 24.8. The van der Waals surface area contributed by atoms with Gasteiger partial charge in [0, 0.05) is 6.42 Å². The van der Waals surface area contributed by atoms with E-state index < -0.39 is 17.9 Å². The maximum Gasteiger partial charge on any atom is 0.326 e. The summed E-state index contributed by atoms with van der Waals surface area (Å²) in [7, 11) is 0. The van der Waals surface area contributed by atoms with E-state index in [1.165, 1.54) is 0 Å². The average Bonchev–Trinajstić information content (AvgIpc) is 3.03. The monoisotopic (exact) mass is 357 g/mol. The number of benzene rings is 3. The Morgan fingerprint density at radius 3 is 1.89 bits per heavy atom. The molecule has 0 aliphatic heterocycles. The van der Waals surface area contributed by atoms with Gasteiger partial charge in [-0.3, -0.25) is 4.79 Å². The van der Waals surface area contributed by atoms with Gasteiger partial charge < -0.3 is 10.4 Å². The van der Waals surface area contributed by atoms with Gasteiger partial charge >= 0.3 is 5.97 Å². The third-order valence-corrected chi connectivity index (χ3v) is 4.99. The molecule has 0 aromatic heterocycles. The molecule has 1 aliphatic rings. The van der Waals surface area contributed by atoms with E-state index in [0.29, 0.717) is 0 Å². The Balaban J connectivity index is 1.63. The van der Waals surface area contributed by atoms with Crippen molar-refractivity contribution in [1.82, 2.24) is 5.32 Å². The molecule has 4 heteroatoms. The highest BCUT2D eigenvalue weighted by Gasteiger charge is 2.35. The number of carbonyl (C=O) groups is 2. The maximum absolute atomic E-state index is 13.1. The van der Waals surface area contributed by atoms with E-state index in [2.05, 4.69) is 5.32 Å². The molecule has 3 aromatic carbocycles. The molecule has 4 rings (SSSR count). The highest BCUT2D eigenvalue weighted by atomic mass is 16.4. The van der Waals surface area contributed by atoms with Gasteiger partial charge in [0.05, 0.1) is 5.92 Å². The van der Waals surface area contributed by atoms with E-state index in [1.807, 2.05) is 78.9 Å².